The van der Waals surface area contributed by atoms with Crippen LogP contribution in [-0.4, -0.2) is 4.98 Å². The van der Waals surface area contributed by atoms with Crippen molar-refractivity contribution in [2.75, 3.05) is 0 Å². The van der Waals surface area contributed by atoms with Gasteiger partial charge >= 0.3 is 0 Å². The van der Waals surface area contributed by atoms with Crippen LogP contribution >= 0.6 is 0 Å². The fourth-order valence-electron chi connectivity index (χ4n) is 1.23. The molecule has 0 radical (unpaired) electrons. The predicted octanol–water partition coefficient (Wildman–Crippen LogP) is 2.44. The summed E-state index contributed by atoms with van der Waals surface area (Å²) >= 11 is 0. The molecule has 0 saturated carbocycles. The maximum atomic E-state index is 5.46. The lowest BCUT2D eigenvalue weighted by molar-refractivity contribution is 0.576. The molecule has 0 atom stereocenters. The molecule has 2 nitrogen and oxygen atoms in total. The van der Waals surface area contributed by atoms with Crippen molar-refractivity contribution in [2.45, 2.75) is 13.8 Å². The minimum absolute atomic E-state index is 0.941. The quantitative estimate of drug-likeness (QED) is 0.572. The number of hydrogen-bond acceptors (Lipinski definition) is 2. The van der Waals surface area contributed by atoms with E-state index in [-0.39, 0.29) is 0 Å². The Balaban J connectivity index is 2.90. The molecule has 0 aliphatic heterocycles. The molecular formula is C9H9NO. The van der Waals surface area contributed by atoms with E-state index in [2.05, 4.69) is 4.98 Å². The Bertz CT molecular complexity index is 389. The summed E-state index contributed by atoms with van der Waals surface area (Å²) in [7, 11) is 0. The van der Waals surface area contributed by atoms with Crippen LogP contribution in [0.4, 0.5) is 0 Å². The predicted molar refractivity (Wildman–Crippen MR) is 43.5 cm³/mol. The van der Waals surface area contributed by atoms with Gasteiger partial charge in [0.25, 0.3) is 0 Å². The summed E-state index contributed by atoms with van der Waals surface area (Å²) in [5.74, 6) is 0.941. The summed E-state index contributed by atoms with van der Waals surface area (Å²) in [4.78, 5) is 4.07. The minimum atomic E-state index is 0.941. The van der Waals surface area contributed by atoms with Gasteiger partial charge in [0.2, 0.25) is 0 Å². The highest BCUT2D eigenvalue weighted by Crippen LogP contribution is 2.20. The largest absolute Gasteiger partial charge is 0.461 e. The molecule has 2 heterocycles. The second-order valence-electron chi connectivity index (χ2n) is 2.73. The van der Waals surface area contributed by atoms with Gasteiger partial charge in [-0.3, -0.25) is 4.98 Å². The zero-order valence-corrected chi connectivity index (χ0v) is 6.59. The smallest absolute Gasteiger partial charge is 0.140 e. The van der Waals surface area contributed by atoms with Crippen LogP contribution in [0.5, 0.6) is 0 Å². The summed E-state index contributed by atoms with van der Waals surface area (Å²) in [6.45, 7) is 3.94. The molecular weight excluding hydrogens is 138 g/mol. The van der Waals surface area contributed by atoms with Crippen LogP contribution < -0.4 is 0 Å². The number of fused-ring (bicyclic) bond motifs is 1. The van der Waals surface area contributed by atoms with Crippen molar-refractivity contribution in [3.63, 3.8) is 0 Å². The van der Waals surface area contributed by atoms with E-state index in [9.17, 15) is 0 Å². The van der Waals surface area contributed by atoms with E-state index >= 15 is 0 Å². The number of aromatic nitrogens is 1. The zero-order chi connectivity index (χ0) is 7.84. The van der Waals surface area contributed by atoms with Gasteiger partial charge in [0.05, 0.1) is 0 Å². The monoisotopic (exact) mass is 147 g/mol. The molecule has 0 amide bonds. The van der Waals surface area contributed by atoms with Crippen LogP contribution in [0.25, 0.3) is 11.0 Å². The van der Waals surface area contributed by atoms with Gasteiger partial charge in [-0.25, -0.2) is 0 Å². The molecule has 2 heteroatoms. The fraction of sp³-hybridized carbons (Fsp3) is 0.222. The van der Waals surface area contributed by atoms with Crippen molar-refractivity contribution in [2.24, 2.45) is 0 Å². The van der Waals surface area contributed by atoms with Crippen LogP contribution in [0.2, 0.25) is 0 Å². The first-order valence-electron chi connectivity index (χ1n) is 3.58. The third-order valence-corrected chi connectivity index (χ3v) is 1.72. The minimum Gasteiger partial charge on any atom is -0.461 e. The Kier molecular flexibility index (Phi) is 1.22. The Morgan fingerprint density at radius 1 is 1.27 bits per heavy atom. The Hall–Kier alpha value is -1.31. The van der Waals surface area contributed by atoms with E-state index in [4.69, 9.17) is 4.42 Å². The lowest BCUT2D eigenvalue weighted by Gasteiger charge is -1.90. The van der Waals surface area contributed by atoms with E-state index in [1.54, 1.807) is 0 Å². The summed E-state index contributed by atoms with van der Waals surface area (Å²) in [5, 5.41) is 1.09. The van der Waals surface area contributed by atoms with Crippen LogP contribution in [0.15, 0.2) is 22.9 Å². The molecule has 2 aromatic rings. The van der Waals surface area contributed by atoms with Crippen molar-refractivity contribution in [3.05, 3.63) is 29.8 Å². The molecule has 0 fully saturated rings. The van der Waals surface area contributed by atoms with E-state index in [1.807, 2.05) is 32.3 Å². The maximum absolute atomic E-state index is 5.46. The summed E-state index contributed by atoms with van der Waals surface area (Å²) in [5.41, 5.74) is 2.05. The number of rotatable bonds is 0. The average molecular weight is 147 g/mol. The van der Waals surface area contributed by atoms with Gasteiger partial charge in [0, 0.05) is 23.3 Å². The van der Waals surface area contributed by atoms with E-state index < -0.39 is 0 Å². The number of aryl methyl sites for hydroxylation is 2. The van der Waals surface area contributed by atoms with Gasteiger partial charge in [0.15, 0.2) is 0 Å². The molecule has 0 saturated heterocycles. The highest BCUT2D eigenvalue weighted by molar-refractivity contribution is 5.79. The molecule has 2 rings (SSSR count). The lowest BCUT2D eigenvalue weighted by atomic mass is 10.2. The normalized spacial score (nSPS) is 10.7. The Morgan fingerprint density at radius 3 is 2.82 bits per heavy atom. The molecule has 0 N–H and O–H groups in total. The number of hydrogen-bond donors (Lipinski definition) is 0. The molecule has 0 bridgehead atoms. The van der Waals surface area contributed by atoms with Crippen molar-refractivity contribution in [1.82, 2.24) is 4.98 Å². The van der Waals surface area contributed by atoms with Gasteiger partial charge in [0.1, 0.15) is 11.3 Å². The summed E-state index contributed by atoms with van der Waals surface area (Å²) in [6.07, 6.45) is 3.63. The van der Waals surface area contributed by atoms with Crippen molar-refractivity contribution >= 4 is 11.0 Å². The van der Waals surface area contributed by atoms with Crippen molar-refractivity contribution in [3.8, 4) is 0 Å². The first-order chi connectivity index (χ1) is 5.27. The molecule has 0 spiro atoms. The standard InChI is InChI=1S/C9H9NO/c1-6-4-10-5-8-3-7(2)11-9(6)8/h3-5H,1-2H3. The first kappa shape index (κ1) is 6.40. The van der Waals surface area contributed by atoms with E-state index in [1.165, 1.54) is 0 Å². The highest BCUT2D eigenvalue weighted by atomic mass is 16.3. The summed E-state index contributed by atoms with van der Waals surface area (Å²) < 4.78 is 5.46. The average Bonchev–Trinajstić information content (AvgIpc) is 2.31. The van der Waals surface area contributed by atoms with Crippen LogP contribution in [0, 0.1) is 13.8 Å². The van der Waals surface area contributed by atoms with Gasteiger partial charge in [-0.2, -0.15) is 0 Å². The number of nitrogens with zero attached hydrogens (tertiary/aromatic N) is 1. The Labute approximate surface area is 64.9 Å². The summed E-state index contributed by atoms with van der Waals surface area (Å²) in [6, 6.07) is 2.00. The lowest BCUT2D eigenvalue weighted by Crippen LogP contribution is -1.74. The number of pyridine rings is 1. The second kappa shape index (κ2) is 2.09. The molecule has 0 aromatic carbocycles. The Morgan fingerprint density at radius 2 is 2.09 bits per heavy atom. The van der Waals surface area contributed by atoms with Crippen molar-refractivity contribution in [1.29, 1.82) is 0 Å². The maximum Gasteiger partial charge on any atom is 0.140 e. The topological polar surface area (TPSA) is 26.0 Å². The van der Waals surface area contributed by atoms with E-state index in [0.717, 1.165) is 22.3 Å². The van der Waals surface area contributed by atoms with Crippen LogP contribution in [0.3, 0.4) is 0 Å². The molecule has 2 aromatic heterocycles. The van der Waals surface area contributed by atoms with Crippen molar-refractivity contribution < 1.29 is 4.42 Å². The third-order valence-electron chi connectivity index (χ3n) is 1.72. The van der Waals surface area contributed by atoms with Crippen LogP contribution in [0.1, 0.15) is 11.3 Å². The second-order valence-corrected chi connectivity index (χ2v) is 2.73. The molecule has 56 valence electrons. The van der Waals surface area contributed by atoms with Gasteiger partial charge in [-0.15, -0.1) is 0 Å². The fourth-order valence-corrected chi connectivity index (χ4v) is 1.23. The molecule has 0 unspecified atom stereocenters. The van der Waals surface area contributed by atoms with Crippen LogP contribution in [-0.2, 0) is 0 Å². The number of furan rings is 1. The van der Waals surface area contributed by atoms with Gasteiger partial charge in [-0.05, 0) is 19.9 Å². The highest BCUT2D eigenvalue weighted by Gasteiger charge is 2.01. The third kappa shape index (κ3) is 0.909. The zero-order valence-electron chi connectivity index (χ0n) is 6.59. The first-order valence-corrected chi connectivity index (χ1v) is 3.58. The molecule has 0 aliphatic rings. The molecule has 11 heavy (non-hydrogen) atoms. The van der Waals surface area contributed by atoms with Gasteiger partial charge in [-0.1, -0.05) is 0 Å². The van der Waals surface area contributed by atoms with E-state index in [0.29, 0.717) is 0 Å². The SMILES string of the molecule is Cc1cc2cncc(C)c2o1. The molecule has 0 aliphatic carbocycles. The van der Waals surface area contributed by atoms with Gasteiger partial charge < -0.3 is 4.42 Å².